The quantitative estimate of drug-likeness (QED) is 0.709. The summed E-state index contributed by atoms with van der Waals surface area (Å²) in [6.45, 7) is 4.57. The van der Waals surface area contributed by atoms with Crippen molar-refractivity contribution in [1.82, 2.24) is 5.32 Å². The molecule has 1 heterocycles. The van der Waals surface area contributed by atoms with Crippen molar-refractivity contribution in [3.63, 3.8) is 0 Å². The highest BCUT2D eigenvalue weighted by atomic mass is 35.5. The first-order chi connectivity index (χ1) is 5.62. The van der Waals surface area contributed by atoms with Crippen LogP contribution in [0.3, 0.4) is 0 Å². The fraction of sp³-hybridized carbons (Fsp3) is 0.875. The molecule has 1 amide bonds. The van der Waals surface area contributed by atoms with Crippen LogP contribution in [0.4, 0.5) is 4.79 Å². The Morgan fingerprint density at radius 3 is 2.54 bits per heavy atom. The van der Waals surface area contributed by atoms with Crippen LogP contribution in [0.1, 0.15) is 19.8 Å². The average Bonchev–Trinajstić information content (AvgIpc) is 2.03. The van der Waals surface area contributed by atoms with E-state index in [0.29, 0.717) is 6.61 Å². The van der Waals surface area contributed by atoms with E-state index in [2.05, 4.69) is 12.2 Å². The third-order valence-corrected chi connectivity index (χ3v) is 2.37. The van der Waals surface area contributed by atoms with E-state index >= 15 is 0 Å². The predicted molar refractivity (Wildman–Crippen MR) is 53.0 cm³/mol. The van der Waals surface area contributed by atoms with Gasteiger partial charge in [0.05, 0.1) is 6.61 Å². The third-order valence-electron chi connectivity index (χ3n) is 2.37. The molecule has 0 bridgehead atoms. The number of halogens is 1. The molecule has 13 heavy (non-hydrogen) atoms. The molecule has 0 aromatic rings. The maximum absolute atomic E-state index is 10.4. The minimum atomic E-state index is -0.672. The van der Waals surface area contributed by atoms with E-state index < -0.39 is 6.09 Å². The van der Waals surface area contributed by atoms with Gasteiger partial charge >= 0.3 is 6.09 Å². The zero-order chi connectivity index (χ0) is 9.03. The molecule has 0 unspecified atom stereocenters. The lowest BCUT2D eigenvalue weighted by Gasteiger charge is -2.32. The van der Waals surface area contributed by atoms with Gasteiger partial charge in [0, 0.05) is 5.41 Å². The second-order valence-corrected chi connectivity index (χ2v) is 3.67. The molecule has 0 aromatic heterocycles. The molecule has 1 fully saturated rings. The van der Waals surface area contributed by atoms with Crippen molar-refractivity contribution >= 4 is 18.5 Å². The fourth-order valence-electron chi connectivity index (χ4n) is 1.42. The number of hydrogen-bond acceptors (Lipinski definition) is 3. The molecule has 0 aliphatic carbocycles. The highest BCUT2D eigenvalue weighted by molar-refractivity contribution is 5.85. The SMILES string of the molecule is CC1(COC(N)=O)CCNCC1.Cl. The van der Waals surface area contributed by atoms with Gasteiger partial charge in [0.15, 0.2) is 0 Å². The first-order valence-corrected chi connectivity index (χ1v) is 4.25. The summed E-state index contributed by atoms with van der Waals surface area (Å²) in [5.41, 5.74) is 5.02. The molecular formula is C8H17ClN2O2. The van der Waals surface area contributed by atoms with Crippen LogP contribution >= 0.6 is 12.4 Å². The number of carbonyl (C=O) groups is 1. The summed E-state index contributed by atoms with van der Waals surface area (Å²) in [6, 6.07) is 0. The van der Waals surface area contributed by atoms with Crippen molar-refractivity contribution in [2.24, 2.45) is 11.1 Å². The maximum atomic E-state index is 10.4. The Bertz CT molecular complexity index is 170. The number of nitrogens with one attached hydrogen (secondary N) is 1. The van der Waals surface area contributed by atoms with Crippen LogP contribution in [0, 0.1) is 5.41 Å². The monoisotopic (exact) mass is 208 g/mol. The van der Waals surface area contributed by atoms with Crippen molar-refractivity contribution in [2.45, 2.75) is 19.8 Å². The number of ether oxygens (including phenoxy) is 1. The standard InChI is InChI=1S/C8H16N2O2.ClH/c1-8(6-12-7(9)11)2-4-10-5-3-8;/h10H,2-6H2,1H3,(H2,9,11);1H. The Hall–Kier alpha value is -0.480. The second kappa shape index (κ2) is 5.29. The highest BCUT2D eigenvalue weighted by Crippen LogP contribution is 2.27. The molecule has 4 nitrogen and oxygen atoms in total. The number of rotatable bonds is 2. The molecule has 1 aliphatic rings. The summed E-state index contributed by atoms with van der Waals surface area (Å²) in [7, 11) is 0. The van der Waals surface area contributed by atoms with E-state index in [0.717, 1.165) is 25.9 Å². The minimum Gasteiger partial charge on any atom is -0.449 e. The summed E-state index contributed by atoms with van der Waals surface area (Å²) in [4.78, 5) is 10.4. The van der Waals surface area contributed by atoms with Gasteiger partial charge in [-0.2, -0.15) is 0 Å². The van der Waals surface area contributed by atoms with Crippen LogP contribution in [-0.4, -0.2) is 25.8 Å². The molecule has 0 spiro atoms. The first kappa shape index (κ1) is 12.5. The largest absolute Gasteiger partial charge is 0.449 e. The normalized spacial score (nSPS) is 20.1. The van der Waals surface area contributed by atoms with E-state index in [-0.39, 0.29) is 17.8 Å². The number of nitrogens with two attached hydrogens (primary N) is 1. The average molecular weight is 209 g/mol. The number of hydrogen-bond donors (Lipinski definition) is 2. The predicted octanol–water partition coefficient (Wildman–Crippen LogP) is 0.893. The van der Waals surface area contributed by atoms with Gasteiger partial charge in [-0.15, -0.1) is 12.4 Å². The maximum Gasteiger partial charge on any atom is 0.404 e. The lowest BCUT2D eigenvalue weighted by atomic mass is 9.82. The Morgan fingerprint density at radius 2 is 2.08 bits per heavy atom. The zero-order valence-corrected chi connectivity index (χ0v) is 8.65. The van der Waals surface area contributed by atoms with Crippen LogP contribution in [-0.2, 0) is 4.74 Å². The lowest BCUT2D eigenvalue weighted by molar-refractivity contribution is 0.0776. The minimum absolute atomic E-state index is 0. The topological polar surface area (TPSA) is 64.3 Å². The van der Waals surface area contributed by atoms with Gasteiger partial charge in [0.2, 0.25) is 0 Å². The Balaban J connectivity index is 0.00000144. The lowest BCUT2D eigenvalue weighted by Crippen LogP contribution is -2.38. The van der Waals surface area contributed by atoms with Gasteiger partial charge in [-0.1, -0.05) is 6.92 Å². The van der Waals surface area contributed by atoms with Crippen LogP contribution < -0.4 is 11.1 Å². The first-order valence-electron chi connectivity index (χ1n) is 4.25. The smallest absolute Gasteiger partial charge is 0.404 e. The molecule has 78 valence electrons. The summed E-state index contributed by atoms with van der Waals surface area (Å²) < 4.78 is 4.80. The number of primary amides is 1. The van der Waals surface area contributed by atoms with E-state index in [4.69, 9.17) is 10.5 Å². The number of piperidine rings is 1. The Labute approximate surface area is 84.6 Å². The molecule has 0 radical (unpaired) electrons. The van der Waals surface area contributed by atoms with E-state index in [1.807, 2.05) is 0 Å². The van der Waals surface area contributed by atoms with Crippen molar-refractivity contribution in [3.8, 4) is 0 Å². The number of carbonyl (C=O) groups excluding carboxylic acids is 1. The second-order valence-electron chi connectivity index (χ2n) is 3.67. The van der Waals surface area contributed by atoms with Crippen molar-refractivity contribution in [2.75, 3.05) is 19.7 Å². The summed E-state index contributed by atoms with van der Waals surface area (Å²) in [5, 5.41) is 3.26. The molecule has 0 atom stereocenters. The van der Waals surface area contributed by atoms with E-state index in [9.17, 15) is 4.79 Å². The van der Waals surface area contributed by atoms with Crippen LogP contribution in [0.5, 0.6) is 0 Å². The molecule has 1 saturated heterocycles. The van der Waals surface area contributed by atoms with Crippen molar-refractivity contribution < 1.29 is 9.53 Å². The van der Waals surface area contributed by atoms with Gasteiger partial charge < -0.3 is 15.8 Å². The van der Waals surface area contributed by atoms with E-state index in [1.165, 1.54) is 0 Å². The van der Waals surface area contributed by atoms with Gasteiger partial charge in [-0.05, 0) is 25.9 Å². The van der Waals surface area contributed by atoms with Crippen LogP contribution in [0.15, 0.2) is 0 Å². The summed E-state index contributed by atoms with van der Waals surface area (Å²) in [6.07, 6.45) is 1.41. The van der Waals surface area contributed by atoms with Gasteiger partial charge in [0.25, 0.3) is 0 Å². The Kier molecular flexibility index (Phi) is 5.10. The van der Waals surface area contributed by atoms with Crippen molar-refractivity contribution in [1.29, 1.82) is 0 Å². The molecule has 1 aliphatic heterocycles. The van der Waals surface area contributed by atoms with Gasteiger partial charge in [-0.3, -0.25) is 0 Å². The molecule has 1 rings (SSSR count). The molecular weight excluding hydrogens is 192 g/mol. The van der Waals surface area contributed by atoms with Gasteiger partial charge in [0.1, 0.15) is 0 Å². The van der Waals surface area contributed by atoms with Gasteiger partial charge in [-0.25, -0.2) is 4.79 Å². The Morgan fingerprint density at radius 1 is 1.54 bits per heavy atom. The molecule has 3 N–H and O–H groups in total. The van der Waals surface area contributed by atoms with Crippen LogP contribution in [0.2, 0.25) is 0 Å². The summed E-state index contributed by atoms with van der Waals surface area (Å²) >= 11 is 0. The molecule has 0 aromatic carbocycles. The van der Waals surface area contributed by atoms with E-state index in [1.54, 1.807) is 0 Å². The zero-order valence-electron chi connectivity index (χ0n) is 7.84. The fourth-order valence-corrected chi connectivity index (χ4v) is 1.42. The third kappa shape index (κ3) is 4.33. The number of amides is 1. The summed E-state index contributed by atoms with van der Waals surface area (Å²) in [5.74, 6) is 0. The highest BCUT2D eigenvalue weighted by Gasteiger charge is 2.27. The molecule has 0 saturated carbocycles. The molecule has 5 heteroatoms. The van der Waals surface area contributed by atoms with Crippen molar-refractivity contribution in [3.05, 3.63) is 0 Å². The van der Waals surface area contributed by atoms with Crippen LogP contribution in [0.25, 0.3) is 0 Å².